The molecule has 32 heavy (non-hydrogen) atoms. The SMILES string of the molecule is Cc1nc(-c2csc(SCC(=O)NCC3CN(Cc4ccc(Cl)c(Cl)c4)CCO3)n2)n[nH]1. The van der Waals surface area contributed by atoms with E-state index in [1.165, 1.54) is 23.1 Å². The summed E-state index contributed by atoms with van der Waals surface area (Å²) < 4.78 is 6.62. The second kappa shape index (κ2) is 11.0. The number of amides is 1. The Morgan fingerprint density at radius 1 is 1.38 bits per heavy atom. The number of aromatic amines is 1. The molecular weight excluding hydrogens is 491 g/mol. The maximum atomic E-state index is 12.3. The van der Waals surface area contributed by atoms with Gasteiger partial charge in [-0.05, 0) is 24.6 Å². The van der Waals surface area contributed by atoms with Crippen molar-refractivity contribution in [2.24, 2.45) is 0 Å². The Hall–Kier alpha value is -1.69. The fraction of sp³-hybridized carbons (Fsp3) is 0.400. The van der Waals surface area contributed by atoms with Crippen LogP contribution in [0, 0.1) is 6.92 Å². The number of aromatic nitrogens is 4. The molecule has 2 N–H and O–H groups in total. The van der Waals surface area contributed by atoms with Crippen LogP contribution in [-0.4, -0.2) is 69.1 Å². The topological polar surface area (TPSA) is 96.0 Å². The molecule has 1 aliphatic rings. The molecule has 3 heterocycles. The number of carbonyl (C=O) groups is 1. The van der Waals surface area contributed by atoms with Gasteiger partial charge in [-0.15, -0.1) is 11.3 Å². The van der Waals surface area contributed by atoms with Gasteiger partial charge in [0.2, 0.25) is 11.7 Å². The molecule has 0 aliphatic carbocycles. The molecule has 1 unspecified atom stereocenters. The molecular formula is C20H22Cl2N6O2S2. The average molecular weight is 513 g/mol. The Morgan fingerprint density at radius 3 is 3.03 bits per heavy atom. The summed E-state index contributed by atoms with van der Waals surface area (Å²) in [7, 11) is 0. The van der Waals surface area contributed by atoms with Gasteiger partial charge in [-0.3, -0.25) is 14.8 Å². The lowest BCUT2D eigenvalue weighted by Crippen LogP contribution is -2.47. The van der Waals surface area contributed by atoms with Crippen molar-refractivity contribution in [3.05, 3.63) is 45.0 Å². The van der Waals surface area contributed by atoms with Crippen molar-refractivity contribution in [3.8, 4) is 11.5 Å². The number of aryl methyl sites for hydroxylation is 1. The van der Waals surface area contributed by atoms with E-state index in [4.69, 9.17) is 27.9 Å². The molecule has 4 rings (SSSR count). The number of morpholine rings is 1. The molecule has 1 atom stereocenters. The Kier molecular flexibility index (Phi) is 8.03. The van der Waals surface area contributed by atoms with Gasteiger partial charge in [-0.25, -0.2) is 9.97 Å². The number of benzene rings is 1. The van der Waals surface area contributed by atoms with Gasteiger partial charge in [0, 0.05) is 31.6 Å². The lowest BCUT2D eigenvalue weighted by molar-refractivity contribution is -0.119. The summed E-state index contributed by atoms with van der Waals surface area (Å²) in [6.07, 6.45) is -0.0547. The van der Waals surface area contributed by atoms with Crippen LogP contribution in [0.15, 0.2) is 27.9 Å². The molecule has 1 amide bonds. The van der Waals surface area contributed by atoms with Crippen LogP contribution in [0.25, 0.3) is 11.5 Å². The highest BCUT2D eigenvalue weighted by atomic mass is 35.5. The van der Waals surface area contributed by atoms with Crippen LogP contribution in [-0.2, 0) is 16.1 Å². The van der Waals surface area contributed by atoms with E-state index in [0.29, 0.717) is 40.5 Å². The van der Waals surface area contributed by atoms with E-state index < -0.39 is 0 Å². The van der Waals surface area contributed by atoms with Crippen molar-refractivity contribution in [1.29, 1.82) is 0 Å². The van der Waals surface area contributed by atoms with E-state index in [-0.39, 0.29) is 12.0 Å². The summed E-state index contributed by atoms with van der Waals surface area (Å²) in [5.74, 6) is 1.54. The Morgan fingerprint density at radius 2 is 2.25 bits per heavy atom. The van der Waals surface area contributed by atoms with E-state index in [1.54, 1.807) is 0 Å². The fourth-order valence-electron chi connectivity index (χ4n) is 3.23. The standard InChI is InChI=1S/C20H22Cl2N6O2S2/c1-12-24-19(27-26-12)17-10-31-20(25-17)32-11-18(29)23-7-14-9-28(4-5-30-14)8-13-2-3-15(21)16(22)6-13/h2-3,6,10,14H,4-5,7-9,11H2,1H3,(H,23,29)(H,24,26,27). The normalized spacial score (nSPS) is 16.9. The minimum Gasteiger partial charge on any atom is -0.374 e. The predicted molar refractivity (Wildman–Crippen MR) is 127 cm³/mol. The number of nitrogens with zero attached hydrogens (tertiary/aromatic N) is 4. The van der Waals surface area contributed by atoms with Gasteiger partial charge in [0.05, 0.1) is 28.5 Å². The number of rotatable bonds is 8. The van der Waals surface area contributed by atoms with Gasteiger partial charge in [0.1, 0.15) is 11.5 Å². The van der Waals surface area contributed by atoms with Gasteiger partial charge in [0.15, 0.2) is 4.34 Å². The van der Waals surface area contributed by atoms with Crippen molar-refractivity contribution < 1.29 is 9.53 Å². The van der Waals surface area contributed by atoms with Crippen molar-refractivity contribution in [1.82, 2.24) is 30.4 Å². The number of ether oxygens (including phenoxy) is 1. The maximum Gasteiger partial charge on any atom is 0.230 e. The molecule has 0 radical (unpaired) electrons. The molecule has 0 bridgehead atoms. The molecule has 1 saturated heterocycles. The van der Waals surface area contributed by atoms with E-state index in [9.17, 15) is 4.79 Å². The van der Waals surface area contributed by atoms with Gasteiger partial charge < -0.3 is 10.1 Å². The van der Waals surface area contributed by atoms with E-state index in [2.05, 4.69) is 30.4 Å². The first-order chi connectivity index (χ1) is 15.5. The molecule has 3 aromatic rings. The third kappa shape index (κ3) is 6.43. The second-order valence-corrected chi connectivity index (χ2v) is 10.2. The third-order valence-corrected chi connectivity index (χ3v) is 7.54. The molecule has 8 nitrogen and oxygen atoms in total. The van der Waals surface area contributed by atoms with E-state index in [0.717, 1.165) is 35.4 Å². The molecule has 1 aromatic carbocycles. The predicted octanol–water partition coefficient (Wildman–Crippen LogP) is 3.65. The highest BCUT2D eigenvalue weighted by Crippen LogP contribution is 2.26. The summed E-state index contributed by atoms with van der Waals surface area (Å²) in [6.45, 7) is 5.26. The maximum absolute atomic E-state index is 12.3. The molecule has 1 fully saturated rings. The first-order valence-electron chi connectivity index (χ1n) is 9.98. The quantitative estimate of drug-likeness (QED) is 0.444. The van der Waals surface area contributed by atoms with E-state index in [1.807, 2.05) is 30.5 Å². The molecule has 170 valence electrons. The highest BCUT2D eigenvalue weighted by Gasteiger charge is 2.21. The molecule has 1 aliphatic heterocycles. The fourth-order valence-corrected chi connectivity index (χ4v) is 5.19. The summed E-state index contributed by atoms with van der Waals surface area (Å²) in [6, 6.07) is 5.68. The average Bonchev–Trinajstić information content (AvgIpc) is 3.42. The smallest absolute Gasteiger partial charge is 0.230 e. The number of hydrogen-bond acceptors (Lipinski definition) is 8. The summed E-state index contributed by atoms with van der Waals surface area (Å²) in [4.78, 5) is 23.3. The van der Waals surface area contributed by atoms with Crippen LogP contribution in [0.5, 0.6) is 0 Å². The number of H-pyrrole nitrogens is 1. The third-order valence-electron chi connectivity index (χ3n) is 4.78. The lowest BCUT2D eigenvalue weighted by atomic mass is 10.2. The number of thioether (sulfide) groups is 1. The number of thiazole rings is 1. The Balaban J connectivity index is 1.20. The first kappa shape index (κ1) is 23.5. The minimum atomic E-state index is -0.0547. The summed E-state index contributed by atoms with van der Waals surface area (Å²) in [5, 5.41) is 12.9. The monoisotopic (exact) mass is 512 g/mol. The highest BCUT2D eigenvalue weighted by molar-refractivity contribution is 8.01. The molecule has 2 aromatic heterocycles. The number of halogens is 2. The van der Waals surface area contributed by atoms with Crippen LogP contribution in [0.1, 0.15) is 11.4 Å². The number of carbonyl (C=O) groups excluding carboxylic acids is 1. The van der Waals surface area contributed by atoms with Crippen LogP contribution in [0.2, 0.25) is 10.0 Å². The zero-order chi connectivity index (χ0) is 22.5. The minimum absolute atomic E-state index is 0.0503. The first-order valence-corrected chi connectivity index (χ1v) is 12.6. The molecule has 0 spiro atoms. The second-order valence-electron chi connectivity index (χ2n) is 7.31. The Bertz CT molecular complexity index is 1080. The molecule has 12 heteroatoms. The zero-order valence-corrected chi connectivity index (χ0v) is 20.5. The summed E-state index contributed by atoms with van der Waals surface area (Å²) in [5.41, 5.74) is 1.81. The van der Waals surface area contributed by atoms with Crippen LogP contribution >= 0.6 is 46.3 Å². The lowest BCUT2D eigenvalue weighted by Gasteiger charge is -2.33. The number of nitrogens with one attached hydrogen (secondary N) is 2. The van der Waals surface area contributed by atoms with Crippen molar-refractivity contribution >= 4 is 52.2 Å². The van der Waals surface area contributed by atoms with Gasteiger partial charge in [0.25, 0.3) is 0 Å². The van der Waals surface area contributed by atoms with Gasteiger partial charge in [-0.1, -0.05) is 41.0 Å². The van der Waals surface area contributed by atoms with E-state index >= 15 is 0 Å². The number of hydrogen-bond donors (Lipinski definition) is 2. The zero-order valence-electron chi connectivity index (χ0n) is 17.3. The van der Waals surface area contributed by atoms with Crippen LogP contribution in [0.4, 0.5) is 0 Å². The van der Waals surface area contributed by atoms with Gasteiger partial charge >= 0.3 is 0 Å². The van der Waals surface area contributed by atoms with Crippen molar-refractivity contribution in [2.75, 3.05) is 32.0 Å². The molecule has 0 saturated carbocycles. The van der Waals surface area contributed by atoms with Crippen LogP contribution < -0.4 is 5.32 Å². The van der Waals surface area contributed by atoms with Crippen molar-refractivity contribution in [2.45, 2.75) is 23.9 Å². The largest absolute Gasteiger partial charge is 0.374 e. The van der Waals surface area contributed by atoms with Crippen molar-refractivity contribution in [3.63, 3.8) is 0 Å². The summed E-state index contributed by atoms with van der Waals surface area (Å²) >= 11 is 15.0. The Labute approximate surface area is 204 Å². The van der Waals surface area contributed by atoms with Crippen LogP contribution in [0.3, 0.4) is 0 Å². The van der Waals surface area contributed by atoms with Gasteiger partial charge in [-0.2, -0.15) is 5.10 Å².